The van der Waals surface area contributed by atoms with Gasteiger partial charge < -0.3 is 14.4 Å². The van der Waals surface area contributed by atoms with Gasteiger partial charge in [0, 0.05) is 35.3 Å². The zero-order chi connectivity index (χ0) is 19.7. The van der Waals surface area contributed by atoms with Gasteiger partial charge >= 0.3 is 0 Å². The van der Waals surface area contributed by atoms with Crippen molar-refractivity contribution in [3.63, 3.8) is 0 Å². The zero-order valence-corrected chi connectivity index (χ0v) is 16.7. The van der Waals surface area contributed by atoms with Crippen LogP contribution in [0, 0.1) is 5.82 Å². The van der Waals surface area contributed by atoms with Gasteiger partial charge in [-0.05, 0) is 42.7 Å². The average molecular weight is 399 g/mol. The molecule has 0 aliphatic heterocycles. The first-order chi connectivity index (χ1) is 13.6. The fourth-order valence-electron chi connectivity index (χ4n) is 3.43. The lowest BCUT2D eigenvalue weighted by Crippen LogP contribution is -2.32. The van der Waals surface area contributed by atoms with Crippen LogP contribution in [0.4, 0.5) is 4.39 Å². The number of thiophene rings is 1. The van der Waals surface area contributed by atoms with Crippen LogP contribution in [0.25, 0.3) is 10.1 Å². The summed E-state index contributed by atoms with van der Waals surface area (Å²) in [4.78, 5) is 15.9. The van der Waals surface area contributed by atoms with Gasteiger partial charge in [-0.1, -0.05) is 18.2 Å². The van der Waals surface area contributed by atoms with Gasteiger partial charge in [0.1, 0.15) is 11.6 Å². The van der Waals surface area contributed by atoms with E-state index in [0.29, 0.717) is 22.4 Å². The molecule has 1 heterocycles. The molecule has 6 heteroatoms. The van der Waals surface area contributed by atoms with E-state index in [1.807, 2.05) is 35.2 Å². The summed E-state index contributed by atoms with van der Waals surface area (Å²) in [6.07, 6.45) is 2.00. The standard InChI is InChI=1S/C22H22FNO3S/c1-26-13-17-20-18(23)4-3-5-19(20)28-21(17)22(25)24(15-8-9-15)12-14-6-10-16(27-2)11-7-14/h3-7,10-11,15H,8-9,12-13H2,1-2H3. The van der Waals surface area contributed by atoms with Crippen molar-refractivity contribution in [3.05, 3.63) is 64.3 Å². The van der Waals surface area contributed by atoms with E-state index in [2.05, 4.69) is 0 Å². The molecule has 0 N–H and O–H groups in total. The Morgan fingerprint density at radius 3 is 2.57 bits per heavy atom. The molecule has 146 valence electrons. The molecule has 0 bridgehead atoms. The molecule has 2 aromatic carbocycles. The van der Waals surface area contributed by atoms with Crippen LogP contribution in [0.1, 0.15) is 33.6 Å². The maximum atomic E-state index is 14.5. The molecule has 0 saturated heterocycles. The molecule has 28 heavy (non-hydrogen) atoms. The summed E-state index contributed by atoms with van der Waals surface area (Å²) < 4.78 is 25.7. The van der Waals surface area contributed by atoms with Crippen LogP contribution in [0.5, 0.6) is 5.75 Å². The van der Waals surface area contributed by atoms with E-state index in [1.165, 1.54) is 17.4 Å². The molecule has 1 fully saturated rings. The smallest absolute Gasteiger partial charge is 0.264 e. The number of rotatable bonds is 7. The van der Waals surface area contributed by atoms with Crippen LogP contribution >= 0.6 is 11.3 Å². The second kappa shape index (κ2) is 7.89. The Labute approximate surface area is 167 Å². The summed E-state index contributed by atoms with van der Waals surface area (Å²) in [6.45, 7) is 0.736. The predicted octanol–water partition coefficient (Wildman–Crippen LogP) is 5.00. The number of hydrogen-bond donors (Lipinski definition) is 0. The lowest BCUT2D eigenvalue weighted by Gasteiger charge is -2.23. The van der Waals surface area contributed by atoms with E-state index < -0.39 is 0 Å². The van der Waals surface area contributed by atoms with Crippen molar-refractivity contribution in [1.29, 1.82) is 0 Å². The minimum absolute atomic E-state index is 0.0500. The number of benzene rings is 2. The van der Waals surface area contributed by atoms with Crippen molar-refractivity contribution in [1.82, 2.24) is 4.90 Å². The second-order valence-electron chi connectivity index (χ2n) is 6.97. The van der Waals surface area contributed by atoms with Crippen molar-refractivity contribution in [3.8, 4) is 5.75 Å². The Morgan fingerprint density at radius 2 is 1.93 bits per heavy atom. The first-order valence-corrected chi connectivity index (χ1v) is 10.1. The zero-order valence-electron chi connectivity index (χ0n) is 15.9. The van der Waals surface area contributed by atoms with Gasteiger partial charge in [0.15, 0.2) is 0 Å². The molecular weight excluding hydrogens is 377 g/mol. The molecule has 1 saturated carbocycles. The van der Waals surface area contributed by atoms with Gasteiger partial charge in [-0.3, -0.25) is 4.79 Å². The Morgan fingerprint density at radius 1 is 1.18 bits per heavy atom. The first kappa shape index (κ1) is 18.9. The molecule has 0 atom stereocenters. The van der Waals surface area contributed by atoms with Crippen LogP contribution < -0.4 is 4.74 Å². The van der Waals surface area contributed by atoms with Gasteiger partial charge in [0.25, 0.3) is 5.91 Å². The van der Waals surface area contributed by atoms with Gasteiger partial charge in [-0.15, -0.1) is 11.3 Å². The van der Waals surface area contributed by atoms with Gasteiger partial charge in [-0.25, -0.2) is 4.39 Å². The normalized spacial score (nSPS) is 13.7. The lowest BCUT2D eigenvalue weighted by molar-refractivity contribution is 0.0730. The van der Waals surface area contributed by atoms with Gasteiger partial charge in [-0.2, -0.15) is 0 Å². The average Bonchev–Trinajstić information content (AvgIpc) is 3.48. The summed E-state index contributed by atoms with van der Waals surface area (Å²) in [6, 6.07) is 12.9. The summed E-state index contributed by atoms with van der Waals surface area (Å²) >= 11 is 1.35. The number of fused-ring (bicyclic) bond motifs is 1. The van der Waals surface area contributed by atoms with Crippen molar-refractivity contribution < 1.29 is 18.7 Å². The Bertz CT molecular complexity index is 995. The highest BCUT2D eigenvalue weighted by Crippen LogP contribution is 2.37. The highest BCUT2D eigenvalue weighted by atomic mass is 32.1. The highest BCUT2D eigenvalue weighted by Gasteiger charge is 2.35. The highest BCUT2D eigenvalue weighted by molar-refractivity contribution is 7.21. The fourth-order valence-corrected chi connectivity index (χ4v) is 4.61. The van der Waals surface area contributed by atoms with Crippen molar-refractivity contribution >= 4 is 27.3 Å². The van der Waals surface area contributed by atoms with E-state index in [9.17, 15) is 9.18 Å². The minimum Gasteiger partial charge on any atom is -0.497 e. The number of halogens is 1. The van der Waals surface area contributed by atoms with Crippen molar-refractivity contribution in [2.45, 2.75) is 32.0 Å². The van der Waals surface area contributed by atoms with Crippen LogP contribution in [-0.4, -0.2) is 31.1 Å². The molecule has 4 nitrogen and oxygen atoms in total. The maximum Gasteiger partial charge on any atom is 0.264 e. The maximum absolute atomic E-state index is 14.5. The third-order valence-electron chi connectivity index (χ3n) is 5.01. The molecule has 1 aliphatic rings. The Balaban J connectivity index is 1.69. The third kappa shape index (κ3) is 3.62. The Hall–Kier alpha value is -2.44. The summed E-state index contributed by atoms with van der Waals surface area (Å²) in [7, 11) is 3.20. The molecule has 0 unspecified atom stereocenters. The summed E-state index contributed by atoms with van der Waals surface area (Å²) in [5.41, 5.74) is 1.69. The number of carbonyl (C=O) groups is 1. The van der Waals surface area contributed by atoms with Crippen molar-refractivity contribution in [2.75, 3.05) is 14.2 Å². The second-order valence-corrected chi connectivity index (χ2v) is 8.02. The topological polar surface area (TPSA) is 38.8 Å². The van der Waals surface area contributed by atoms with Gasteiger partial charge in [0.2, 0.25) is 0 Å². The quantitative estimate of drug-likeness (QED) is 0.561. The number of methoxy groups -OCH3 is 2. The van der Waals surface area contributed by atoms with Crippen LogP contribution in [0.3, 0.4) is 0 Å². The summed E-state index contributed by atoms with van der Waals surface area (Å²) in [5.74, 6) is 0.425. The number of amides is 1. The predicted molar refractivity (Wildman–Crippen MR) is 108 cm³/mol. The van der Waals surface area contributed by atoms with Gasteiger partial charge in [0.05, 0.1) is 18.6 Å². The molecule has 1 aromatic heterocycles. The molecule has 0 radical (unpaired) electrons. The number of carbonyl (C=O) groups excluding carboxylic acids is 1. The van der Waals surface area contributed by atoms with Crippen LogP contribution in [-0.2, 0) is 17.9 Å². The Kier molecular flexibility index (Phi) is 5.33. The number of ether oxygens (including phenoxy) is 2. The molecule has 4 rings (SSSR count). The lowest BCUT2D eigenvalue weighted by atomic mass is 10.1. The van der Waals surface area contributed by atoms with Crippen LogP contribution in [0.15, 0.2) is 42.5 Å². The van der Waals surface area contributed by atoms with E-state index in [-0.39, 0.29) is 24.4 Å². The molecule has 3 aromatic rings. The largest absolute Gasteiger partial charge is 0.497 e. The molecular formula is C22H22FNO3S. The number of nitrogens with zero attached hydrogens (tertiary/aromatic N) is 1. The third-order valence-corrected chi connectivity index (χ3v) is 6.19. The van der Waals surface area contributed by atoms with E-state index >= 15 is 0 Å². The molecule has 1 amide bonds. The SMILES string of the molecule is COCc1c(C(=O)N(Cc2ccc(OC)cc2)C2CC2)sc2cccc(F)c12. The summed E-state index contributed by atoms with van der Waals surface area (Å²) in [5, 5.41) is 0.498. The minimum atomic E-state index is -0.312. The van der Waals surface area contributed by atoms with Crippen LogP contribution in [0.2, 0.25) is 0 Å². The van der Waals surface area contributed by atoms with E-state index in [0.717, 1.165) is 28.9 Å². The number of hydrogen-bond acceptors (Lipinski definition) is 4. The molecule has 0 spiro atoms. The first-order valence-electron chi connectivity index (χ1n) is 9.25. The molecule has 1 aliphatic carbocycles. The monoisotopic (exact) mass is 399 g/mol. The van der Waals surface area contributed by atoms with Crippen molar-refractivity contribution in [2.24, 2.45) is 0 Å². The van der Waals surface area contributed by atoms with E-state index in [4.69, 9.17) is 9.47 Å². The van der Waals surface area contributed by atoms with E-state index in [1.54, 1.807) is 20.3 Å². The fraction of sp³-hybridized carbons (Fsp3) is 0.318.